The first-order valence-electron chi connectivity index (χ1n) is 8.45. The summed E-state index contributed by atoms with van der Waals surface area (Å²) in [5, 5.41) is 11.3. The third kappa shape index (κ3) is 3.00. The molecule has 0 unspecified atom stereocenters. The molecule has 0 spiro atoms. The van der Waals surface area contributed by atoms with Crippen LogP contribution in [0.25, 0.3) is 0 Å². The summed E-state index contributed by atoms with van der Waals surface area (Å²) in [5.74, 6) is 1.62. The van der Waals surface area contributed by atoms with Crippen LogP contribution in [-0.2, 0) is 0 Å². The van der Waals surface area contributed by atoms with Crippen LogP contribution in [0.5, 0.6) is 0 Å². The summed E-state index contributed by atoms with van der Waals surface area (Å²) in [7, 11) is 0. The molecular weight excluding hydrogens is 234 g/mol. The third-order valence-electron chi connectivity index (χ3n) is 6.24. The van der Waals surface area contributed by atoms with Crippen LogP contribution in [0.2, 0.25) is 0 Å². The minimum atomic E-state index is -0.472. The van der Waals surface area contributed by atoms with Crippen molar-refractivity contribution in [3.8, 4) is 0 Å². The Balaban J connectivity index is 2.10. The maximum absolute atomic E-state index is 11.3. The van der Waals surface area contributed by atoms with Crippen molar-refractivity contribution in [2.75, 3.05) is 6.54 Å². The Morgan fingerprint density at radius 3 is 1.95 bits per heavy atom. The van der Waals surface area contributed by atoms with Crippen LogP contribution in [0.15, 0.2) is 0 Å². The molecule has 2 aliphatic rings. The fourth-order valence-electron chi connectivity index (χ4n) is 4.56. The quantitative estimate of drug-likeness (QED) is 0.763. The van der Waals surface area contributed by atoms with E-state index < -0.39 is 5.60 Å². The molecule has 0 heterocycles. The fraction of sp³-hybridized carbons (Fsp3) is 1.00. The molecule has 112 valence electrons. The second-order valence-corrected chi connectivity index (χ2v) is 7.51. The Morgan fingerprint density at radius 1 is 1.00 bits per heavy atom. The maximum atomic E-state index is 11.3. The summed E-state index contributed by atoms with van der Waals surface area (Å²) >= 11 is 0. The van der Waals surface area contributed by atoms with E-state index in [0.717, 1.165) is 37.5 Å². The molecule has 0 aromatic heterocycles. The van der Waals surface area contributed by atoms with Crippen molar-refractivity contribution in [2.24, 2.45) is 23.0 Å². The lowest BCUT2D eigenvalue weighted by Gasteiger charge is -2.51. The molecule has 2 rings (SSSR count). The monoisotopic (exact) mass is 267 g/mol. The normalized spacial score (nSPS) is 36.2. The van der Waals surface area contributed by atoms with Gasteiger partial charge in [0.25, 0.3) is 0 Å². The molecule has 0 radical (unpaired) electrons. The van der Waals surface area contributed by atoms with E-state index in [-0.39, 0.29) is 5.41 Å². The zero-order valence-corrected chi connectivity index (χ0v) is 13.0. The van der Waals surface area contributed by atoms with E-state index in [9.17, 15) is 5.11 Å². The van der Waals surface area contributed by atoms with Crippen molar-refractivity contribution in [1.29, 1.82) is 0 Å². The van der Waals surface area contributed by atoms with Crippen molar-refractivity contribution in [2.45, 2.75) is 83.7 Å². The van der Waals surface area contributed by atoms with E-state index in [1.807, 2.05) is 0 Å². The second kappa shape index (κ2) is 6.13. The summed E-state index contributed by atoms with van der Waals surface area (Å²) in [4.78, 5) is 0. The molecule has 0 atom stereocenters. The third-order valence-corrected chi connectivity index (χ3v) is 6.24. The first-order valence-corrected chi connectivity index (χ1v) is 8.45. The molecule has 0 bridgehead atoms. The van der Waals surface area contributed by atoms with Gasteiger partial charge in [0.15, 0.2) is 0 Å². The molecular formula is C17H33NO. The molecule has 0 saturated heterocycles. The molecule has 0 aliphatic heterocycles. The Kier molecular flexibility index (Phi) is 4.94. The van der Waals surface area contributed by atoms with Gasteiger partial charge >= 0.3 is 0 Å². The molecule has 0 aromatic carbocycles. The molecule has 0 amide bonds. The summed E-state index contributed by atoms with van der Waals surface area (Å²) in [6.45, 7) is 5.34. The van der Waals surface area contributed by atoms with E-state index in [4.69, 9.17) is 5.73 Å². The smallest absolute Gasteiger partial charge is 0.0715 e. The molecule has 0 aromatic rings. The first-order chi connectivity index (χ1) is 9.03. The van der Waals surface area contributed by atoms with Gasteiger partial charge in [0.05, 0.1) is 5.60 Å². The van der Waals surface area contributed by atoms with Gasteiger partial charge in [-0.3, -0.25) is 0 Å². The SMILES string of the molecule is CC(C)C1CCC(CN)(C2(O)CCCCCC2)CC1. The zero-order valence-electron chi connectivity index (χ0n) is 13.0. The van der Waals surface area contributed by atoms with E-state index in [1.165, 1.54) is 38.5 Å². The maximum Gasteiger partial charge on any atom is 0.0715 e. The average Bonchev–Trinajstić information content (AvgIpc) is 2.64. The predicted octanol–water partition coefficient (Wildman–Crippen LogP) is 3.86. The number of nitrogens with two attached hydrogens (primary N) is 1. The van der Waals surface area contributed by atoms with E-state index in [1.54, 1.807) is 0 Å². The average molecular weight is 267 g/mol. The van der Waals surface area contributed by atoms with Gasteiger partial charge in [-0.15, -0.1) is 0 Å². The number of hydrogen-bond donors (Lipinski definition) is 2. The zero-order chi connectivity index (χ0) is 13.9. The molecule has 3 N–H and O–H groups in total. The highest BCUT2D eigenvalue weighted by molar-refractivity contribution is 5.02. The minimum absolute atomic E-state index is 0.0166. The van der Waals surface area contributed by atoms with Crippen LogP contribution >= 0.6 is 0 Å². The molecule has 2 nitrogen and oxygen atoms in total. The summed E-state index contributed by atoms with van der Waals surface area (Å²) < 4.78 is 0. The Labute approximate surface area is 119 Å². The Bertz CT molecular complexity index is 271. The van der Waals surface area contributed by atoms with Crippen LogP contribution in [0.4, 0.5) is 0 Å². The molecule has 2 fully saturated rings. The van der Waals surface area contributed by atoms with Crippen molar-refractivity contribution in [1.82, 2.24) is 0 Å². The largest absolute Gasteiger partial charge is 0.389 e. The standard InChI is InChI=1S/C17H33NO/c1-14(2)15-7-11-16(13-18,12-8-15)17(19)9-5-3-4-6-10-17/h14-15,19H,3-13,18H2,1-2H3. The lowest BCUT2D eigenvalue weighted by atomic mass is 9.58. The topological polar surface area (TPSA) is 46.2 Å². The molecule has 2 aliphatic carbocycles. The van der Waals surface area contributed by atoms with Gasteiger partial charge in [0.2, 0.25) is 0 Å². The van der Waals surface area contributed by atoms with Crippen LogP contribution in [0, 0.1) is 17.3 Å². The predicted molar refractivity (Wildman–Crippen MR) is 80.9 cm³/mol. The van der Waals surface area contributed by atoms with Gasteiger partial charge < -0.3 is 10.8 Å². The van der Waals surface area contributed by atoms with E-state index in [0.29, 0.717) is 6.54 Å². The molecule has 2 heteroatoms. The van der Waals surface area contributed by atoms with Crippen LogP contribution in [0.1, 0.15) is 78.1 Å². The van der Waals surface area contributed by atoms with Gasteiger partial charge in [-0.25, -0.2) is 0 Å². The highest BCUT2D eigenvalue weighted by Gasteiger charge is 2.50. The highest BCUT2D eigenvalue weighted by atomic mass is 16.3. The number of hydrogen-bond acceptors (Lipinski definition) is 2. The lowest BCUT2D eigenvalue weighted by molar-refractivity contribution is -0.116. The van der Waals surface area contributed by atoms with Crippen molar-refractivity contribution >= 4 is 0 Å². The Morgan fingerprint density at radius 2 is 1.53 bits per heavy atom. The highest BCUT2D eigenvalue weighted by Crippen LogP contribution is 2.51. The first kappa shape index (κ1) is 15.3. The van der Waals surface area contributed by atoms with Gasteiger partial charge in [0.1, 0.15) is 0 Å². The van der Waals surface area contributed by atoms with Crippen molar-refractivity contribution < 1.29 is 5.11 Å². The van der Waals surface area contributed by atoms with Crippen LogP contribution in [-0.4, -0.2) is 17.3 Å². The van der Waals surface area contributed by atoms with Crippen molar-refractivity contribution in [3.63, 3.8) is 0 Å². The minimum Gasteiger partial charge on any atom is -0.389 e. The van der Waals surface area contributed by atoms with Gasteiger partial charge in [-0.05, 0) is 50.4 Å². The fourth-order valence-corrected chi connectivity index (χ4v) is 4.56. The number of aliphatic hydroxyl groups is 1. The van der Waals surface area contributed by atoms with Crippen molar-refractivity contribution in [3.05, 3.63) is 0 Å². The van der Waals surface area contributed by atoms with Crippen LogP contribution in [0.3, 0.4) is 0 Å². The van der Waals surface area contributed by atoms with E-state index >= 15 is 0 Å². The van der Waals surface area contributed by atoms with Crippen LogP contribution < -0.4 is 5.73 Å². The summed E-state index contributed by atoms with van der Waals surface area (Å²) in [6, 6.07) is 0. The molecule has 19 heavy (non-hydrogen) atoms. The summed E-state index contributed by atoms with van der Waals surface area (Å²) in [6.07, 6.45) is 11.7. The van der Waals surface area contributed by atoms with Gasteiger partial charge in [0, 0.05) is 12.0 Å². The Hall–Kier alpha value is -0.0800. The number of rotatable bonds is 3. The van der Waals surface area contributed by atoms with Gasteiger partial charge in [-0.1, -0.05) is 39.5 Å². The second-order valence-electron chi connectivity index (χ2n) is 7.51. The lowest BCUT2D eigenvalue weighted by Crippen LogP contribution is -2.54. The molecule has 2 saturated carbocycles. The van der Waals surface area contributed by atoms with E-state index in [2.05, 4.69) is 13.8 Å². The van der Waals surface area contributed by atoms with Gasteiger partial charge in [-0.2, -0.15) is 0 Å². The summed E-state index contributed by atoms with van der Waals surface area (Å²) in [5.41, 5.74) is 5.71.